The van der Waals surface area contributed by atoms with E-state index < -0.39 is 11.6 Å². The predicted molar refractivity (Wildman–Crippen MR) is 93.3 cm³/mol. The number of hydrogen-bond acceptors (Lipinski definition) is 5. The van der Waals surface area contributed by atoms with Gasteiger partial charge in [-0.25, -0.2) is 8.78 Å². The van der Waals surface area contributed by atoms with E-state index in [0.29, 0.717) is 11.7 Å². The summed E-state index contributed by atoms with van der Waals surface area (Å²) >= 11 is 0. The molecule has 0 saturated heterocycles. The first kappa shape index (κ1) is 16.8. The van der Waals surface area contributed by atoms with Gasteiger partial charge in [0.15, 0.2) is 5.82 Å². The molecule has 3 rings (SSSR count). The van der Waals surface area contributed by atoms with Crippen molar-refractivity contribution < 1.29 is 8.78 Å². The summed E-state index contributed by atoms with van der Waals surface area (Å²) in [5.41, 5.74) is 1.74. The van der Waals surface area contributed by atoms with Gasteiger partial charge in [0.05, 0.1) is 6.20 Å². The molecular weight excluding hydrogens is 324 g/mol. The van der Waals surface area contributed by atoms with Crippen LogP contribution in [0.25, 0.3) is 0 Å². The van der Waals surface area contributed by atoms with Crippen LogP contribution in [-0.2, 0) is 0 Å². The van der Waals surface area contributed by atoms with E-state index in [-0.39, 0.29) is 11.6 Å². The van der Waals surface area contributed by atoms with E-state index in [1.807, 2.05) is 24.3 Å². The molecule has 0 radical (unpaired) electrons. The van der Waals surface area contributed by atoms with Gasteiger partial charge in [0, 0.05) is 5.69 Å². The summed E-state index contributed by atoms with van der Waals surface area (Å²) in [5.74, 6) is -0.613. The summed E-state index contributed by atoms with van der Waals surface area (Å²) in [6.07, 6.45) is 1.43. The van der Waals surface area contributed by atoms with Crippen LogP contribution in [-0.4, -0.2) is 15.2 Å². The standard InChI is InChI=1S/C18H17F2N5/c1-11(2)12-6-8-13(9-7-12)22-16-10-21-25-18(23-16)24-17-14(19)4-3-5-15(17)20/h3-11H,1-2H3,(H2,22,23,24,25). The fourth-order valence-electron chi connectivity index (χ4n) is 2.25. The number of rotatable bonds is 5. The van der Waals surface area contributed by atoms with E-state index in [2.05, 4.69) is 39.7 Å². The van der Waals surface area contributed by atoms with Gasteiger partial charge in [-0.05, 0) is 35.7 Å². The lowest BCUT2D eigenvalue weighted by Crippen LogP contribution is -2.05. The van der Waals surface area contributed by atoms with Gasteiger partial charge in [-0.2, -0.15) is 10.1 Å². The molecule has 2 N–H and O–H groups in total. The Morgan fingerprint density at radius 1 is 0.920 bits per heavy atom. The summed E-state index contributed by atoms with van der Waals surface area (Å²) in [7, 11) is 0. The number of halogens is 2. The molecule has 0 aliphatic carbocycles. The maximum absolute atomic E-state index is 13.7. The molecule has 128 valence electrons. The lowest BCUT2D eigenvalue weighted by Gasteiger charge is -2.10. The Morgan fingerprint density at radius 3 is 2.24 bits per heavy atom. The molecular formula is C18H17F2N5. The third-order valence-electron chi connectivity index (χ3n) is 3.61. The van der Waals surface area contributed by atoms with Crippen LogP contribution in [0.3, 0.4) is 0 Å². The molecule has 5 nitrogen and oxygen atoms in total. The fraction of sp³-hybridized carbons (Fsp3) is 0.167. The predicted octanol–water partition coefficient (Wildman–Crippen LogP) is 4.76. The van der Waals surface area contributed by atoms with Crippen molar-refractivity contribution in [1.82, 2.24) is 15.2 Å². The quantitative estimate of drug-likeness (QED) is 0.700. The third kappa shape index (κ3) is 4.06. The third-order valence-corrected chi connectivity index (χ3v) is 3.61. The Hall–Kier alpha value is -3.09. The first-order valence-corrected chi connectivity index (χ1v) is 7.80. The van der Waals surface area contributed by atoms with Crippen molar-refractivity contribution in [3.8, 4) is 0 Å². The maximum Gasteiger partial charge on any atom is 0.249 e. The average molecular weight is 341 g/mol. The monoisotopic (exact) mass is 341 g/mol. The van der Waals surface area contributed by atoms with Crippen LogP contribution in [0, 0.1) is 11.6 Å². The Morgan fingerprint density at radius 2 is 1.60 bits per heavy atom. The van der Waals surface area contributed by atoms with E-state index >= 15 is 0 Å². The zero-order chi connectivity index (χ0) is 17.8. The zero-order valence-corrected chi connectivity index (χ0v) is 13.8. The minimum absolute atomic E-state index is 0.00667. The molecule has 1 aromatic heterocycles. The topological polar surface area (TPSA) is 62.7 Å². The van der Waals surface area contributed by atoms with Gasteiger partial charge in [-0.3, -0.25) is 0 Å². The SMILES string of the molecule is CC(C)c1ccc(Nc2cnnc(Nc3c(F)cccc3F)n2)cc1. The van der Waals surface area contributed by atoms with Crippen molar-refractivity contribution in [3.05, 3.63) is 65.9 Å². The number of hydrogen-bond donors (Lipinski definition) is 2. The van der Waals surface area contributed by atoms with Gasteiger partial charge < -0.3 is 10.6 Å². The zero-order valence-electron chi connectivity index (χ0n) is 13.8. The molecule has 0 aliphatic heterocycles. The van der Waals surface area contributed by atoms with E-state index in [4.69, 9.17) is 0 Å². The number of aromatic nitrogens is 3. The van der Waals surface area contributed by atoms with E-state index in [9.17, 15) is 8.78 Å². The van der Waals surface area contributed by atoms with Crippen molar-refractivity contribution in [2.24, 2.45) is 0 Å². The van der Waals surface area contributed by atoms with Crippen LogP contribution in [0.15, 0.2) is 48.7 Å². The number of anilines is 4. The van der Waals surface area contributed by atoms with Crippen LogP contribution in [0.4, 0.5) is 31.9 Å². The number of para-hydroxylation sites is 1. The molecule has 2 aromatic carbocycles. The minimum Gasteiger partial charge on any atom is -0.339 e. The highest BCUT2D eigenvalue weighted by molar-refractivity contribution is 5.59. The Kier molecular flexibility index (Phi) is 4.83. The van der Waals surface area contributed by atoms with Gasteiger partial charge in [0.1, 0.15) is 17.3 Å². The molecule has 25 heavy (non-hydrogen) atoms. The molecule has 0 amide bonds. The largest absolute Gasteiger partial charge is 0.339 e. The molecule has 0 bridgehead atoms. The lowest BCUT2D eigenvalue weighted by molar-refractivity contribution is 0.590. The molecule has 0 fully saturated rings. The molecule has 0 saturated carbocycles. The van der Waals surface area contributed by atoms with E-state index in [1.165, 1.54) is 17.8 Å². The van der Waals surface area contributed by atoms with Crippen LogP contribution < -0.4 is 10.6 Å². The van der Waals surface area contributed by atoms with Gasteiger partial charge in [-0.1, -0.05) is 32.0 Å². The average Bonchev–Trinajstić information content (AvgIpc) is 2.59. The highest BCUT2D eigenvalue weighted by atomic mass is 19.1. The van der Waals surface area contributed by atoms with Crippen LogP contribution >= 0.6 is 0 Å². The van der Waals surface area contributed by atoms with Crippen LogP contribution in [0.2, 0.25) is 0 Å². The Labute approximate surface area is 144 Å². The van der Waals surface area contributed by atoms with Gasteiger partial charge in [0.2, 0.25) is 5.95 Å². The second-order valence-corrected chi connectivity index (χ2v) is 5.79. The molecule has 0 aliphatic rings. The normalized spacial score (nSPS) is 10.8. The number of nitrogens with zero attached hydrogens (tertiary/aromatic N) is 3. The molecule has 0 unspecified atom stereocenters. The van der Waals surface area contributed by atoms with Gasteiger partial charge >= 0.3 is 0 Å². The first-order chi connectivity index (χ1) is 12.0. The van der Waals surface area contributed by atoms with Crippen LogP contribution in [0.5, 0.6) is 0 Å². The molecule has 7 heteroatoms. The molecule has 1 heterocycles. The highest BCUT2D eigenvalue weighted by Gasteiger charge is 2.10. The second kappa shape index (κ2) is 7.21. The number of benzene rings is 2. The minimum atomic E-state index is -0.730. The summed E-state index contributed by atoms with van der Waals surface area (Å²) in [5, 5.41) is 13.2. The fourth-order valence-corrected chi connectivity index (χ4v) is 2.25. The summed E-state index contributed by atoms with van der Waals surface area (Å²) in [6.45, 7) is 4.24. The van der Waals surface area contributed by atoms with Gasteiger partial charge in [-0.15, -0.1) is 5.10 Å². The summed E-state index contributed by atoms with van der Waals surface area (Å²) in [6, 6.07) is 11.5. The number of nitrogens with one attached hydrogen (secondary N) is 2. The molecule has 0 spiro atoms. The first-order valence-electron chi connectivity index (χ1n) is 7.80. The van der Waals surface area contributed by atoms with Crippen molar-refractivity contribution in [3.63, 3.8) is 0 Å². The summed E-state index contributed by atoms with van der Waals surface area (Å²) < 4.78 is 27.4. The van der Waals surface area contributed by atoms with E-state index in [0.717, 1.165) is 17.8 Å². The van der Waals surface area contributed by atoms with E-state index in [1.54, 1.807) is 0 Å². The van der Waals surface area contributed by atoms with Crippen molar-refractivity contribution in [1.29, 1.82) is 0 Å². The van der Waals surface area contributed by atoms with Crippen LogP contribution in [0.1, 0.15) is 25.3 Å². The molecule has 3 aromatic rings. The molecule has 0 atom stereocenters. The Balaban J connectivity index is 1.77. The maximum atomic E-state index is 13.7. The highest BCUT2D eigenvalue weighted by Crippen LogP contribution is 2.23. The van der Waals surface area contributed by atoms with Crippen molar-refractivity contribution in [2.45, 2.75) is 19.8 Å². The summed E-state index contributed by atoms with van der Waals surface area (Å²) in [4.78, 5) is 4.17. The lowest BCUT2D eigenvalue weighted by atomic mass is 10.0. The van der Waals surface area contributed by atoms with Crippen molar-refractivity contribution in [2.75, 3.05) is 10.6 Å². The van der Waals surface area contributed by atoms with Crippen molar-refractivity contribution >= 4 is 23.1 Å². The Bertz CT molecular complexity index is 845. The second-order valence-electron chi connectivity index (χ2n) is 5.79. The van der Waals surface area contributed by atoms with Gasteiger partial charge in [0.25, 0.3) is 0 Å². The smallest absolute Gasteiger partial charge is 0.249 e.